The lowest BCUT2D eigenvalue weighted by atomic mass is 10.0. The van der Waals surface area contributed by atoms with E-state index in [1.165, 1.54) is 6.42 Å². The van der Waals surface area contributed by atoms with E-state index in [0.717, 1.165) is 45.1 Å². The minimum absolute atomic E-state index is 0.136. The number of hydrogen-bond acceptors (Lipinski definition) is 3. The maximum absolute atomic E-state index is 12.0. The monoisotopic (exact) mass is 246 g/mol. The number of rotatable bonds is 4. The van der Waals surface area contributed by atoms with Crippen LogP contribution in [0.1, 0.15) is 44.9 Å². The third kappa shape index (κ3) is 3.18. The van der Waals surface area contributed by atoms with Crippen molar-refractivity contribution < 1.29 is 8.42 Å². The Balaban J connectivity index is 1.81. The van der Waals surface area contributed by atoms with Gasteiger partial charge in [0.15, 0.2) is 0 Å². The Morgan fingerprint density at radius 1 is 1.06 bits per heavy atom. The number of nitrogens with one attached hydrogen (secondary N) is 2. The predicted molar refractivity (Wildman–Crippen MR) is 64.8 cm³/mol. The van der Waals surface area contributed by atoms with Gasteiger partial charge in [-0.3, -0.25) is 0 Å². The molecule has 1 saturated carbocycles. The molecule has 1 heterocycles. The highest BCUT2D eigenvalue weighted by Crippen LogP contribution is 2.23. The highest BCUT2D eigenvalue weighted by atomic mass is 32.2. The van der Waals surface area contributed by atoms with Gasteiger partial charge in [-0.1, -0.05) is 19.3 Å². The summed E-state index contributed by atoms with van der Waals surface area (Å²) in [5.74, 6) is 0. The largest absolute Gasteiger partial charge is 0.313 e. The topological polar surface area (TPSA) is 58.2 Å². The Bertz CT molecular complexity index is 304. The van der Waals surface area contributed by atoms with Crippen LogP contribution in [-0.2, 0) is 10.0 Å². The molecule has 5 heteroatoms. The molecule has 2 rings (SSSR count). The summed E-state index contributed by atoms with van der Waals surface area (Å²) in [5, 5.41) is 3.17. The third-order valence-electron chi connectivity index (χ3n) is 3.68. The van der Waals surface area contributed by atoms with Gasteiger partial charge in [0.2, 0.25) is 10.0 Å². The summed E-state index contributed by atoms with van der Waals surface area (Å²) in [7, 11) is -3.06. The van der Waals surface area contributed by atoms with Crippen LogP contribution < -0.4 is 10.0 Å². The molecule has 1 saturated heterocycles. The molecule has 4 nitrogen and oxygen atoms in total. The van der Waals surface area contributed by atoms with Crippen molar-refractivity contribution in [3.8, 4) is 0 Å². The standard InChI is InChI=1S/C11H22N2O2S/c14-16(15,11-6-2-1-3-7-11)13-9-10-5-4-8-12-10/h10-13H,1-9H2. The fourth-order valence-electron chi connectivity index (χ4n) is 2.64. The number of sulfonamides is 1. The van der Waals surface area contributed by atoms with Gasteiger partial charge in [-0.15, -0.1) is 0 Å². The summed E-state index contributed by atoms with van der Waals surface area (Å²) in [5.41, 5.74) is 0. The molecular weight excluding hydrogens is 224 g/mol. The van der Waals surface area contributed by atoms with E-state index in [2.05, 4.69) is 10.0 Å². The van der Waals surface area contributed by atoms with Gasteiger partial charge in [0.1, 0.15) is 0 Å². The van der Waals surface area contributed by atoms with Gasteiger partial charge in [0, 0.05) is 12.6 Å². The van der Waals surface area contributed by atoms with Crippen molar-refractivity contribution in [1.29, 1.82) is 0 Å². The molecule has 0 aromatic rings. The SMILES string of the molecule is O=S(=O)(NCC1CCCN1)C1CCCCC1. The second-order valence-electron chi connectivity index (χ2n) is 4.95. The fourth-order valence-corrected chi connectivity index (χ4v) is 4.26. The van der Waals surface area contributed by atoms with Crippen LogP contribution in [0.5, 0.6) is 0 Å². The second kappa shape index (κ2) is 5.47. The van der Waals surface area contributed by atoms with E-state index in [4.69, 9.17) is 0 Å². The molecule has 2 aliphatic rings. The van der Waals surface area contributed by atoms with Crippen LogP contribution in [-0.4, -0.2) is 32.8 Å². The lowest BCUT2D eigenvalue weighted by Gasteiger charge is -2.23. The van der Waals surface area contributed by atoms with Gasteiger partial charge in [-0.2, -0.15) is 0 Å². The molecule has 0 amide bonds. The lowest BCUT2D eigenvalue weighted by Crippen LogP contribution is -2.42. The van der Waals surface area contributed by atoms with Gasteiger partial charge in [-0.25, -0.2) is 13.1 Å². The predicted octanol–water partition coefficient (Wildman–Crippen LogP) is 0.990. The second-order valence-corrected chi connectivity index (χ2v) is 6.99. The van der Waals surface area contributed by atoms with Crippen LogP contribution in [0.2, 0.25) is 0 Å². The summed E-state index contributed by atoms with van der Waals surface area (Å²) in [6.45, 7) is 1.59. The molecule has 16 heavy (non-hydrogen) atoms. The first-order valence-corrected chi connectivity index (χ1v) is 7.95. The van der Waals surface area contributed by atoms with Crippen molar-refractivity contribution in [2.45, 2.75) is 56.2 Å². The number of hydrogen-bond donors (Lipinski definition) is 2. The van der Waals surface area contributed by atoms with Crippen LogP contribution in [0, 0.1) is 0 Å². The minimum Gasteiger partial charge on any atom is -0.313 e. The molecule has 1 atom stereocenters. The average molecular weight is 246 g/mol. The highest BCUT2D eigenvalue weighted by molar-refractivity contribution is 7.90. The van der Waals surface area contributed by atoms with Gasteiger partial charge in [-0.05, 0) is 32.2 Å². The van der Waals surface area contributed by atoms with Crippen molar-refractivity contribution in [3.63, 3.8) is 0 Å². The van der Waals surface area contributed by atoms with Crippen molar-refractivity contribution in [1.82, 2.24) is 10.0 Å². The summed E-state index contributed by atoms with van der Waals surface area (Å²) >= 11 is 0. The van der Waals surface area contributed by atoms with E-state index in [1.807, 2.05) is 0 Å². The fraction of sp³-hybridized carbons (Fsp3) is 1.00. The van der Waals surface area contributed by atoms with Crippen LogP contribution in [0.15, 0.2) is 0 Å². The average Bonchev–Trinajstić information content (AvgIpc) is 2.81. The smallest absolute Gasteiger partial charge is 0.214 e. The van der Waals surface area contributed by atoms with Crippen molar-refractivity contribution >= 4 is 10.0 Å². The zero-order valence-corrected chi connectivity index (χ0v) is 10.6. The molecule has 2 fully saturated rings. The molecule has 0 aromatic carbocycles. The normalized spacial score (nSPS) is 28.4. The molecule has 0 bridgehead atoms. The quantitative estimate of drug-likeness (QED) is 0.778. The summed E-state index contributed by atoms with van der Waals surface area (Å²) in [4.78, 5) is 0. The van der Waals surface area contributed by atoms with Gasteiger partial charge >= 0.3 is 0 Å². The molecule has 0 spiro atoms. The molecule has 1 aliphatic carbocycles. The Morgan fingerprint density at radius 3 is 2.44 bits per heavy atom. The molecule has 1 aliphatic heterocycles. The van der Waals surface area contributed by atoms with Crippen LogP contribution in [0.3, 0.4) is 0 Å². The Hall–Kier alpha value is -0.130. The first kappa shape index (κ1) is 12.3. The van der Waals surface area contributed by atoms with Crippen LogP contribution in [0.4, 0.5) is 0 Å². The van der Waals surface area contributed by atoms with E-state index in [9.17, 15) is 8.42 Å². The maximum Gasteiger partial charge on any atom is 0.214 e. The van der Waals surface area contributed by atoms with Gasteiger partial charge in [0.25, 0.3) is 0 Å². The van der Waals surface area contributed by atoms with Gasteiger partial charge in [0.05, 0.1) is 5.25 Å². The Kier molecular flexibility index (Phi) is 4.21. The van der Waals surface area contributed by atoms with E-state index >= 15 is 0 Å². The molecule has 0 aromatic heterocycles. The van der Waals surface area contributed by atoms with Crippen LogP contribution in [0.25, 0.3) is 0 Å². The highest BCUT2D eigenvalue weighted by Gasteiger charge is 2.27. The first-order chi connectivity index (χ1) is 7.68. The van der Waals surface area contributed by atoms with E-state index < -0.39 is 10.0 Å². The molecular formula is C11H22N2O2S. The van der Waals surface area contributed by atoms with E-state index in [1.54, 1.807) is 0 Å². The molecule has 1 unspecified atom stereocenters. The van der Waals surface area contributed by atoms with Crippen molar-refractivity contribution in [2.75, 3.05) is 13.1 Å². The van der Waals surface area contributed by atoms with E-state index in [0.29, 0.717) is 12.6 Å². The summed E-state index contributed by atoms with van der Waals surface area (Å²) in [6, 6.07) is 0.346. The minimum atomic E-state index is -3.06. The molecule has 0 radical (unpaired) electrons. The van der Waals surface area contributed by atoms with Crippen molar-refractivity contribution in [3.05, 3.63) is 0 Å². The maximum atomic E-state index is 12.0. The molecule has 2 N–H and O–H groups in total. The lowest BCUT2D eigenvalue weighted by molar-refractivity contribution is 0.473. The summed E-state index contributed by atoms with van der Waals surface area (Å²) in [6.07, 6.45) is 7.25. The Labute approximate surface area is 98.2 Å². The first-order valence-electron chi connectivity index (χ1n) is 6.40. The Morgan fingerprint density at radius 2 is 1.81 bits per heavy atom. The van der Waals surface area contributed by atoms with Gasteiger partial charge < -0.3 is 5.32 Å². The van der Waals surface area contributed by atoms with Crippen LogP contribution >= 0.6 is 0 Å². The zero-order valence-electron chi connectivity index (χ0n) is 9.74. The third-order valence-corrected chi connectivity index (χ3v) is 5.60. The zero-order chi connectivity index (χ0) is 11.4. The summed E-state index contributed by atoms with van der Waals surface area (Å²) < 4.78 is 26.8. The van der Waals surface area contributed by atoms with Crippen molar-refractivity contribution in [2.24, 2.45) is 0 Å². The molecule has 94 valence electrons. The van der Waals surface area contributed by atoms with E-state index in [-0.39, 0.29) is 5.25 Å².